The van der Waals surface area contributed by atoms with Gasteiger partial charge in [-0.05, 0) is 24.0 Å². The van der Waals surface area contributed by atoms with Gasteiger partial charge in [0.1, 0.15) is 5.78 Å². The van der Waals surface area contributed by atoms with Gasteiger partial charge in [-0.25, -0.2) is 4.79 Å². The summed E-state index contributed by atoms with van der Waals surface area (Å²) in [7, 11) is -11.6. The molecule has 0 spiro atoms. The standard InChI is InChI=1S/C32H37F4N3O13P2/c33-31(34,53(46,47)48)23-10-6-21(7-11-23)19-25(40)3-2-17-38(27(42)4-1-5-30(45)52-39-28(43)14-15-29(39)44)18-16-37-26(41)20-22-8-12-24(13-9-22)32(35,36)54(49,50)51/h6-13H,1-5,14-20H2,(H,37,41)(H2,46,47,48)(H2,49,50,51). The van der Waals surface area contributed by atoms with Gasteiger partial charge in [-0.15, -0.1) is 5.06 Å². The Bertz CT molecular complexity index is 1700. The van der Waals surface area contributed by atoms with Crippen LogP contribution in [0.1, 0.15) is 67.2 Å². The number of hydrogen-bond donors (Lipinski definition) is 5. The largest absolute Gasteiger partial charge is 0.399 e. The fraction of sp³-hybridized carbons (Fsp3) is 0.438. The smallest absolute Gasteiger partial charge is 0.354 e. The average molecular weight is 810 g/mol. The zero-order valence-electron chi connectivity index (χ0n) is 28.4. The molecular weight excluding hydrogens is 772 g/mol. The normalized spacial score (nSPS) is 13.9. The third kappa shape index (κ3) is 12.1. The Labute approximate surface area is 305 Å². The maximum atomic E-state index is 13.9. The molecule has 22 heteroatoms. The van der Waals surface area contributed by atoms with Gasteiger partial charge in [-0.1, -0.05) is 48.5 Å². The van der Waals surface area contributed by atoms with Crippen LogP contribution in [0.25, 0.3) is 0 Å². The Morgan fingerprint density at radius 3 is 1.69 bits per heavy atom. The molecule has 0 bridgehead atoms. The Morgan fingerprint density at radius 2 is 1.20 bits per heavy atom. The third-order valence-electron chi connectivity index (χ3n) is 8.01. The number of halogens is 4. The van der Waals surface area contributed by atoms with Crippen molar-refractivity contribution in [3.63, 3.8) is 0 Å². The van der Waals surface area contributed by atoms with E-state index in [1.54, 1.807) is 0 Å². The lowest BCUT2D eigenvalue weighted by Gasteiger charge is -2.23. The summed E-state index contributed by atoms with van der Waals surface area (Å²) in [5.74, 6) is -3.73. The highest BCUT2D eigenvalue weighted by atomic mass is 31.2. The lowest BCUT2D eigenvalue weighted by Crippen LogP contribution is -2.39. The number of nitrogens with one attached hydrogen (secondary N) is 1. The molecule has 1 aliphatic heterocycles. The molecule has 16 nitrogen and oxygen atoms in total. The van der Waals surface area contributed by atoms with E-state index >= 15 is 0 Å². The molecule has 4 amide bonds. The topological polar surface area (TPSA) is 245 Å². The van der Waals surface area contributed by atoms with Gasteiger partial charge in [-0.3, -0.25) is 33.1 Å². The Balaban J connectivity index is 1.55. The maximum Gasteiger partial charge on any atom is 0.399 e. The van der Waals surface area contributed by atoms with Crippen molar-refractivity contribution < 1.29 is 79.9 Å². The molecule has 3 rings (SSSR count). The van der Waals surface area contributed by atoms with E-state index in [1.165, 1.54) is 4.90 Å². The predicted molar refractivity (Wildman–Crippen MR) is 177 cm³/mol. The molecule has 2 aromatic rings. The van der Waals surface area contributed by atoms with Crippen molar-refractivity contribution >= 4 is 50.6 Å². The minimum Gasteiger partial charge on any atom is -0.354 e. The Hall–Kier alpha value is -4.32. The number of imide groups is 1. The van der Waals surface area contributed by atoms with Gasteiger partial charge in [0.2, 0.25) is 11.8 Å². The van der Waals surface area contributed by atoms with Crippen LogP contribution in [0.3, 0.4) is 0 Å². The number of ketones is 1. The molecule has 0 aromatic heterocycles. The van der Waals surface area contributed by atoms with Crippen LogP contribution in [-0.4, -0.2) is 84.6 Å². The number of hydrogen-bond acceptors (Lipinski definition) is 9. The second kappa shape index (κ2) is 18.3. The van der Waals surface area contributed by atoms with Crippen LogP contribution >= 0.6 is 15.2 Å². The molecule has 0 radical (unpaired) electrons. The fourth-order valence-corrected chi connectivity index (χ4v) is 6.02. The summed E-state index contributed by atoms with van der Waals surface area (Å²) in [6.07, 6.45) is -1.30. The zero-order valence-corrected chi connectivity index (χ0v) is 30.2. The summed E-state index contributed by atoms with van der Waals surface area (Å²) in [4.78, 5) is 115. The van der Waals surface area contributed by atoms with Crippen LogP contribution in [0.4, 0.5) is 17.6 Å². The SMILES string of the molecule is O=C(CCCN(CCNC(=O)Cc1ccc(C(F)(F)P(=O)(O)O)cc1)C(=O)CCCC(=O)ON1C(=O)CCC1=O)Cc1ccc(C(F)(F)P(=O)(O)O)cc1. The fourth-order valence-electron chi connectivity index (χ4n) is 5.05. The van der Waals surface area contributed by atoms with Crippen LogP contribution in [0.2, 0.25) is 0 Å². The van der Waals surface area contributed by atoms with E-state index in [4.69, 9.17) is 24.4 Å². The first-order valence-corrected chi connectivity index (χ1v) is 19.4. The van der Waals surface area contributed by atoms with Crippen molar-refractivity contribution in [2.24, 2.45) is 0 Å². The molecule has 1 fully saturated rings. The highest BCUT2D eigenvalue weighted by molar-refractivity contribution is 7.52. The molecule has 1 heterocycles. The molecule has 296 valence electrons. The second-order valence-electron chi connectivity index (χ2n) is 12.2. The summed E-state index contributed by atoms with van der Waals surface area (Å²) < 4.78 is 77.9. The number of rotatable bonds is 20. The molecule has 0 atom stereocenters. The van der Waals surface area contributed by atoms with Crippen LogP contribution < -0.4 is 5.32 Å². The molecule has 0 unspecified atom stereocenters. The summed E-state index contributed by atoms with van der Waals surface area (Å²) in [5.41, 5.74) is -10.2. The van der Waals surface area contributed by atoms with E-state index < -0.39 is 67.2 Å². The minimum atomic E-state index is -5.79. The Kier molecular flexibility index (Phi) is 15.0. The molecule has 2 aromatic carbocycles. The van der Waals surface area contributed by atoms with E-state index in [0.29, 0.717) is 5.06 Å². The van der Waals surface area contributed by atoms with Crippen LogP contribution in [0.5, 0.6) is 0 Å². The second-order valence-corrected chi connectivity index (χ2v) is 15.5. The summed E-state index contributed by atoms with van der Waals surface area (Å²) in [5, 5.41) is 2.92. The number of Topliss-reactive ketones (excluding diaryl/α,β-unsaturated/α-hetero) is 1. The number of hydroxylamine groups is 2. The maximum absolute atomic E-state index is 13.9. The van der Waals surface area contributed by atoms with Gasteiger partial charge in [0.05, 0.1) is 6.42 Å². The highest BCUT2D eigenvalue weighted by Gasteiger charge is 2.51. The monoisotopic (exact) mass is 809 g/mol. The number of benzene rings is 2. The Morgan fingerprint density at radius 1 is 0.722 bits per heavy atom. The van der Waals surface area contributed by atoms with Gasteiger partial charge < -0.3 is 34.6 Å². The summed E-state index contributed by atoms with van der Waals surface area (Å²) >= 11 is 0. The first-order valence-electron chi connectivity index (χ1n) is 16.2. The zero-order chi connectivity index (χ0) is 40.5. The van der Waals surface area contributed by atoms with Crippen molar-refractivity contribution in [1.29, 1.82) is 0 Å². The van der Waals surface area contributed by atoms with Crippen LogP contribution in [0, 0.1) is 0 Å². The molecular formula is C32H37F4N3O13P2. The van der Waals surface area contributed by atoms with E-state index in [0.717, 1.165) is 48.5 Å². The quantitative estimate of drug-likeness (QED) is 0.0735. The lowest BCUT2D eigenvalue weighted by molar-refractivity contribution is -0.197. The number of nitrogens with zero attached hydrogens (tertiary/aromatic N) is 2. The molecule has 1 aliphatic rings. The number of alkyl halides is 4. The summed E-state index contributed by atoms with van der Waals surface area (Å²) in [6, 6.07) is 7.60. The summed E-state index contributed by atoms with van der Waals surface area (Å²) in [6.45, 7) is -0.202. The van der Waals surface area contributed by atoms with Crippen molar-refractivity contribution in [3.8, 4) is 0 Å². The lowest BCUT2D eigenvalue weighted by atomic mass is 10.0. The van der Waals surface area contributed by atoms with Crippen molar-refractivity contribution in [3.05, 3.63) is 70.8 Å². The molecule has 1 saturated heterocycles. The number of amides is 4. The van der Waals surface area contributed by atoms with Crippen molar-refractivity contribution in [2.45, 2.75) is 69.1 Å². The van der Waals surface area contributed by atoms with Gasteiger partial charge in [0.25, 0.3) is 11.8 Å². The number of carbonyl (C=O) groups is 6. The van der Waals surface area contributed by atoms with E-state index in [9.17, 15) is 55.5 Å². The van der Waals surface area contributed by atoms with Crippen LogP contribution in [0.15, 0.2) is 48.5 Å². The van der Waals surface area contributed by atoms with Gasteiger partial charge >= 0.3 is 32.5 Å². The predicted octanol–water partition coefficient (Wildman–Crippen LogP) is 3.00. The van der Waals surface area contributed by atoms with Crippen LogP contribution in [-0.2, 0) is 66.9 Å². The average Bonchev–Trinajstić information content (AvgIpc) is 3.39. The highest BCUT2D eigenvalue weighted by Crippen LogP contribution is 2.60. The first kappa shape index (κ1) is 44.1. The molecule has 5 N–H and O–H groups in total. The van der Waals surface area contributed by atoms with Crippen molar-refractivity contribution in [1.82, 2.24) is 15.3 Å². The first-order chi connectivity index (χ1) is 25.0. The molecule has 54 heavy (non-hydrogen) atoms. The van der Waals surface area contributed by atoms with Gasteiger partial charge in [0.15, 0.2) is 0 Å². The van der Waals surface area contributed by atoms with E-state index in [-0.39, 0.29) is 94.3 Å². The third-order valence-corrected chi connectivity index (χ3v) is 9.99. The molecule has 0 aliphatic carbocycles. The van der Waals surface area contributed by atoms with E-state index in [2.05, 4.69) is 5.32 Å². The van der Waals surface area contributed by atoms with Gasteiger partial charge in [0, 0.05) is 69.3 Å². The van der Waals surface area contributed by atoms with Crippen molar-refractivity contribution in [2.75, 3.05) is 19.6 Å². The van der Waals surface area contributed by atoms with Gasteiger partial charge in [-0.2, -0.15) is 17.6 Å². The molecule has 0 saturated carbocycles. The number of carbonyl (C=O) groups excluding carboxylic acids is 6. The minimum absolute atomic E-state index is 0.00956. The van der Waals surface area contributed by atoms with E-state index in [1.807, 2.05) is 0 Å².